The summed E-state index contributed by atoms with van der Waals surface area (Å²) in [6.45, 7) is 2.10. The van der Waals surface area contributed by atoms with Crippen molar-refractivity contribution >= 4 is 17.1 Å². The van der Waals surface area contributed by atoms with Gasteiger partial charge in [-0.3, -0.25) is 0 Å². The van der Waals surface area contributed by atoms with Crippen LogP contribution in [0.2, 0.25) is 0 Å². The molecule has 4 aromatic carbocycles. The first-order valence-electron chi connectivity index (χ1n) is 9.04. The van der Waals surface area contributed by atoms with Gasteiger partial charge in [-0.15, -0.1) is 0 Å². The lowest BCUT2D eigenvalue weighted by Crippen LogP contribution is -2.09. The zero-order valence-electron chi connectivity index (χ0n) is 15.2. The summed E-state index contributed by atoms with van der Waals surface area (Å²) in [7, 11) is 0. The Morgan fingerprint density at radius 3 is 1.52 bits per heavy atom. The first-order valence-corrected chi connectivity index (χ1v) is 9.04. The van der Waals surface area contributed by atoms with Crippen LogP contribution in [0.15, 0.2) is 109 Å². The van der Waals surface area contributed by atoms with Crippen molar-refractivity contribution in [3.63, 3.8) is 0 Å². The second-order valence-electron chi connectivity index (χ2n) is 6.42. The van der Waals surface area contributed by atoms with Crippen LogP contribution in [0.4, 0.5) is 17.1 Å². The number of nitrogens with zero attached hydrogens (tertiary/aromatic N) is 1. The molecule has 132 valence electrons. The van der Waals surface area contributed by atoms with Crippen LogP contribution in [-0.2, 0) is 0 Å². The average Bonchev–Trinajstić information content (AvgIpc) is 2.73. The molecule has 2 heteroatoms. The molecule has 0 radical (unpaired) electrons. The van der Waals surface area contributed by atoms with Crippen LogP contribution in [0.5, 0.6) is 11.5 Å². The SMILES string of the molecule is Cc1ccc(N(c2ccccc2)c2ccc(Oc3ccccc3)cc2)cc1. The van der Waals surface area contributed by atoms with E-state index in [1.165, 1.54) is 5.56 Å². The summed E-state index contributed by atoms with van der Waals surface area (Å²) in [6.07, 6.45) is 0. The van der Waals surface area contributed by atoms with E-state index in [2.05, 4.69) is 72.5 Å². The number of benzene rings is 4. The number of anilines is 3. The highest BCUT2D eigenvalue weighted by atomic mass is 16.5. The molecule has 0 fully saturated rings. The van der Waals surface area contributed by atoms with E-state index in [4.69, 9.17) is 4.74 Å². The van der Waals surface area contributed by atoms with Gasteiger partial charge in [0, 0.05) is 17.1 Å². The lowest BCUT2D eigenvalue weighted by Gasteiger charge is -2.25. The van der Waals surface area contributed by atoms with Gasteiger partial charge in [0.05, 0.1) is 0 Å². The summed E-state index contributed by atoms with van der Waals surface area (Å²) >= 11 is 0. The molecule has 4 aromatic rings. The molecule has 0 aromatic heterocycles. The third-order valence-corrected chi connectivity index (χ3v) is 4.38. The van der Waals surface area contributed by atoms with E-state index in [-0.39, 0.29) is 0 Å². The Morgan fingerprint density at radius 1 is 0.481 bits per heavy atom. The Labute approximate surface area is 160 Å². The maximum absolute atomic E-state index is 5.92. The van der Waals surface area contributed by atoms with E-state index in [1.807, 2.05) is 48.5 Å². The Kier molecular flexibility index (Phi) is 4.88. The van der Waals surface area contributed by atoms with E-state index in [9.17, 15) is 0 Å². The minimum atomic E-state index is 0.821. The average molecular weight is 351 g/mol. The quantitative estimate of drug-likeness (QED) is 0.375. The van der Waals surface area contributed by atoms with Crippen molar-refractivity contribution in [2.24, 2.45) is 0 Å². The van der Waals surface area contributed by atoms with Crippen molar-refractivity contribution in [1.29, 1.82) is 0 Å². The fraction of sp³-hybridized carbons (Fsp3) is 0.0400. The Bertz CT molecular complexity index is 978. The van der Waals surface area contributed by atoms with Gasteiger partial charge in [0.2, 0.25) is 0 Å². The second-order valence-corrected chi connectivity index (χ2v) is 6.42. The summed E-state index contributed by atoms with van der Waals surface area (Å²) in [6, 6.07) is 37.0. The molecule has 0 aliphatic heterocycles. The molecule has 0 heterocycles. The minimum absolute atomic E-state index is 0.821. The molecule has 2 nitrogen and oxygen atoms in total. The van der Waals surface area contributed by atoms with E-state index >= 15 is 0 Å². The van der Waals surface area contributed by atoms with E-state index in [0.29, 0.717) is 0 Å². The normalized spacial score (nSPS) is 10.4. The molecule has 0 N–H and O–H groups in total. The third-order valence-electron chi connectivity index (χ3n) is 4.38. The van der Waals surface area contributed by atoms with Gasteiger partial charge in [0.1, 0.15) is 11.5 Å². The monoisotopic (exact) mass is 351 g/mol. The third kappa shape index (κ3) is 4.01. The van der Waals surface area contributed by atoms with Crippen molar-refractivity contribution in [3.05, 3.63) is 115 Å². The molecule has 0 atom stereocenters. The van der Waals surface area contributed by atoms with Crippen molar-refractivity contribution in [1.82, 2.24) is 0 Å². The highest BCUT2D eigenvalue weighted by Gasteiger charge is 2.12. The predicted octanol–water partition coefficient (Wildman–Crippen LogP) is 7.26. The molecule has 0 unspecified atom stereocenters. The van der Waals surface area contributed by atoms with Gasteiger partial charge in [-0.1, -0.05) is 54.1 Å². The standard InChI is InChI=1S/C25H21NO/c1-20-12-14-22(15-13-20)26(21-8-4-2-5-9-21)23-16-18-25(19-17-23)27-24-10-6-3-7-11-24/h2-19H,1H3. The van der Waals surface area contributed by atoms with Gasteiger partial charge in [-0.25, -0.2) is 0 Å². The van der Waals surface area contributed by atoms with Gasteiger partial charge >= 0.3 is 0 Å². The van der Waals surface area contributed by atoms with Gasteiger partial charge in [-0.05, 0) is 67.6 Å². The molecule has 0 saturated carbocycles. The number of hydrogen-bond donors (Lipinski definition) is 0. The van der Waals surface area contributed by atoms with Gasteiger partial charge in [0.25, 0.3) is 0 Å². The number of para-hydroxylation sites is 2. The zero-order chi connectivity index (χ0) is 18.5. The lowest BCUT2D eigenvalue weighted by atomic mass is 10.1. The molecule has 4 rings (SSSR count). The van der Waals surface area contributed by atoms with Crippen LogP contribution in [0.1, 0.15) is 5.56 Å². The Morgan fingerprint density at radius 2 is 0.926 bits per heavy atom. The summed E-state index contributed by atoms with van der Waals surface area (Å²) in [5.41, 5.74) is 4.59. The lowest BCUT2D eigenvalue weighted by molar-refractivity contribution is 0.483. The largest absolute Gasteiger partial charge is 0.457 e. The van der Waals surface area contributed by atoms with Gasteiger partial charge in [-0.2, -0.15) is 0 Å². The van der Waals surface area contributed by atoms with Crippen LogP contribution in [0.3, 0.4) is 0 Å². The first kappa shape index (κ1) is 16.9. The number of aryl methyl sites for hydroxylation is 1. The van der Waals surface area contributed by atoms with E-state index in [1.54, 1.807) is 0 Å². The minimum Gasteiger partial charge on any atom is -0.457 e. The first-order chi connectivity index (χ1) is 13.3. The van der Waals surface area contributed by atoms with Crippen molar-refractivity contribution < 1.29 is 4.74 Å². The molecular formula is C25H21NO. The molecule has 0 amide bonds. The molecule has 0 bridgehead atoms. The van der Waals surface area contributed by atoms with Gasteiger partial charge in [0.15, 0.2) is 0 Å². The van der Waals surface area contributed by atoms with Crippen molar-refractivity contribution in [3.8, 4) is 11.5 Å². The van der Waals surface area contributed by atoms with Crippen molar-refractivity contribution in [2.45, 2.75) is 6.92 Å². The van der Waals surface area contributed by atoms with E-state index in [0.717, 1.165) is 28.6 Å². The molecule has 0 aliphatic rings. The zero-order valence-corrected chi connectivity index (χ0v) is 15.2. The second kappa shape index (κ2) is 7.79. The molecule has 0 aliphatic carbocycles. The smallest absolute Gasteiger partial charge is 0.127 e. The Balaban J connectivity index is 1.67. The fourth-order valence-corrected chi connectivity index (χ4v) is 3.01. The highest BCUT2D eigenvalue weighted by Crippen LogP contribution is 2.35. The van der Waals surface area contributed by atoms with Crippen LogP contribution >= 0.6 is 0 Å². The number of rotatable bonds is 5. The summed E-state index contributed by atoms with van der Waals surface area (Å²) in [5.74, 6) is 1.66. The van der Waals surface area contributed by atoms with Crippen LogP contribution < -0.4 is 9.64 Å². The van der Waals surface area contributed by atoms with Crippen LogP contribution in [0, 0.1) is 6.92 Å². The number of hydrogen-bond acceptors (Lipinski definition) is 2. The van der Waals surface area contributed by atoms with Gasteiger partial charge < -0.3 is 9.64 Å². The Hall–Kier alpha value is -3.52. The molecular weight excluding hydrogens is 330 g/mol. The fourth-order valence-electron chi connectivity index (χ4n) is 3.01. The van der Waals surface area contributed by atoms with Crippen molar-refractivity contribution in [2.75, 3.05) is 4.90 Å². The summed E-state index contributed by atoms with van der Waals surface area (Å²) in [4.78, 5) is 2.24. The maximum atomic E-state index is 5.92. The maximum Gasteiger partial charge on any atom is 0.127 e. The van der Waals surface area contributed by atoms with E-state index < -0.39 is 0 Å². The summed E-state index contributed by atoms with van der Waals surface area (Å²) in [5, 5.41) is 0. The highest BCUT2D eigenvalue weighted by molar-refractivity contribution is 5.76. The van der Waals surface area contributed by atoms with Crippen LogP contribution in [-0.4, -0.2) is 0 Å². The predicted molar refractivity (Wildman–Crippen MR) is 112 cm³/mol. The molecule has 0 saturated heterocycles. The molecule has 27 heavy (non-hydrogen) atoms. The molecule has 0 spiro atoms. The number of ether oxygens (including phenoxy) is 1. The van der Waals surface area contributed by atoms with Crippen LogP contribution in [0.25, 0.3) is 0 Å². The summed E-state index contributed by atoms with van der Waals surface area (Å²) < 4.78 is 5.92. The topological polar surface area (TPSA) is 12.5 Å².